The number of esters is 4. The summed E-state index contributed by atoms with van der Waals surface area (Å²) in [5.74, 6) is -2.50. The van der Waals surface area contributed by atoms with Crippen LogP contribution in [0.4, 0.5) is 11.4 Å². The second kappa shape index (κ2) is 13.1. The molecule has 52 heavy (non-hydrogen) atoms. The number of quaternary nitrogens is 2. The summed E-state index contributed by atoms with van der Waals surface area (Å²) in [6.07, 6.45) is 0. The van der Waals surface area contributed by atoms with E-state index < -0.39 is 34.3 Å². The number of nitrogens with one attached hydrogen (secondary N) is 2. The molecular formula is C40H24N2O10. The second-order valence-corrected chi connectivity index (χ2v) is 11.8. The SMILES string of the molecule is O=C1OC(=O)c2cc([NH+]([O-])Oc3ccc(-c4ccc(-c5ccc(O[NH+]([O-])c6ccc7c(c6)C(=O)OC7=O)c(-c6ccccc6)c5)cc4)cc3)ccc21. The van der Waals surface area contributed by atoms with Crippen molar-refractivity contribution in [1.82, 2.24) is 0 Å². The summed E-state index contributed by atoms with van der Waals surface area (Å²) in [5, 5.41) is 24.5. The number of rotatable bonds is 9. The monoisotopic (exact) mass is 692 g/mol. The van der Waals surface area contributed by atoms with Crippen LogP contribution in [0.1, 0.15) is 41.4 Å². The third kappa shape index (κ3) is 6.06. The van der Waals surface area contributed by atoms with E-state index in [0.717, 1.165) is 27.8 Å². The van der Waals surface area contributed by atoms with E-state index in [1.165, 1.54) is 36.4 Å². The highest BCUT2D eigenvalue weighted by molar-refractivity contribution is 6.15. The molecule has 2 unspecified atom stereocenters. The van der Waals surface area contributed by atoms with Crippen molar-refractivity contribution in [3.63, 3.8) is 0 Å². The van der Waals surface area contributed by atoms with Crippen LogP contribution in [0.15, 0.2) is 133 Å². The molecule has 2 aliphatic rings. The Morgan fingerprint density at radius 1 is 0.404 bits per heavy atom. The molecule has 2 atom stereocenters. The third-order valence-electron chi connectivity index (χ3n) is 8.64. The molecule has 0 amide bonds. The molecule has 12 heteroatoms. The molecule has 0 saturated heterocycles. The quantitative estimate of drug-likeness (QED) is 0.115. The zero-order chi connectivity index (χ0) is 35.9. The molecule has 0 aliphatic carbocycles. The summed E-state index contributed by atoms with van der Waals surface area (Å²) in [6, 6.07) is 37.9. The molecule has 12 nitrogen and oxygen atoms in total. The minimum atomic E-state index is -0.809. The number of ether oxygens (including phenoxy) is 2. The number of cyclic esters (lactones) is 4. The van der Waals surface area contributed by atoms with Gasteiger partial charge in [0.05, 0.1) is 22.3 Å². The summed E-state index contributed by atoms with van der Waals surface area (Å²) in [4.78, 5) is 58.7. The van der Waals surface area contributed by atoms with Gasteiger partial charge in [0.15, 0.2) is 22.9 Å². The lowest BCUT2D eigenvalue weighted by molar-refractivity contribution is -0.963. The van der Waals surface area contributed by atoms with Gasteiger partial charge in [-0.15, -0.1) is 10.5 Å². The summed E-state index contributed by atoms with van der Waals surface area (Å²) in [5.41, 5.74) is 5.52. The molecule has 0 radical (unpaired) electrons. The van der Waals surface area contributed by atoms with E-state index in [2.05, 4.69) is 9.47 Å². The molecule has 2 N–H and O–H groups in total. The van der Waals surface area contributed by atoms with E-state index in [4.69, 9.17) is 9.68 Å². The third-order valence-corrected chi connectivity index (χ3v) is 8.64. The molecular weight excluding hydrogens is 668 g/mol. The number of benzene rings is 6. The number of carbonyl (C=O) groups is 4. The van der Waals surface area contributed by atoms with Gasteiger partial charge in [-0.05, 0) is 64.2 Å². The first-order valence-electron chi connectivity index (χ1n) is 15.9. The molecule has 0 spiro atoms. The molecule has 6 aromatic carbocycles. The Bertz CT molecular complexity index is 2410. The van der Waals surface area contributed by atoms with Gasteiger partial charge in [0.1, 0.15) is 0 Å². The van der Waals surface area contributed by atoms with Gasteiger partial charge in [-0.2, -0.15) is 0 Å². The van der Waals surface area contributed by atoms with E-state index in [0.29, 0.717) is 17.1 Å². The second-order valence-electron chi connectivity index (χ2n) is 11.8. The van der Waals surface area contributed by atoms with Crippen LogP contribution in [-0.4, -0.2) is 23.9 Å². The van der Waals surface area contributed by atoms with Crippen molar-refractivity contribution in [2.24, 2.45) is 0 Å². The van der Waals surface area contributed by atoms with E-state index >= 15 is 0 Å². The fourth-order valence-corrected chi connectivity index (χ4v) is 5.96. The maximum atomic E-state index is 13.2. The van der Waals surface area contributed by atoms with Gasteiger partial charge in [-0.25, -0.2) is 19.2 Å². The van der Waals surface area contributed by atoms with Crippen LogP contribution in [0.3, 0.4) is 0 Å². The van der Waals surface area contributed by atoms with E-state index in [-0.39, 0.29) is 33.6 Å². The number of carbonyl (C=O) groups excluding carboxylic acids is 4. The fraction of sp³-hybridized carbons (Fsp3) is 0. The van der Waals surface area contributed by atoms with Crippen molar-refractivity contribution in [2.45, 2.75) is 0 Å². The Morgan fingerprint density at radius 2 is 0.865 bits per heavy atom. The van der Waals surface area contributed by atoms with Gasteiger partial charge in [0, 0.05) is 29.8 Å². The van der Waals surface area contributed by atoms with Crippen LogP contribution >= 0.6 is 0 Å². The van der Waals surface area contributed by atoms with Crippen molar-refractivity contribution in [1.29, 1.82) is 0 Å². The normalized spacial score (nSPS) is 14.3. The topological polar surface area (TPSA) is 160 Å². The van der Waals surface area contributed by atoms with Crippen molar-refractivity contribution in [3.8, 4) is 44.9 Å². The molecule has 8 rings (SSSR count). The number of hydrogen-bond donors (Lipinski definition) is 2. The molecule has 0 bridgehead atoms. The van der Waals surface area contributed by atoms with Crippen LogP contribution in [0.25, 0.3) is 33.4 Å². The van der Waals surface area contributed by atoms with Crippen molar-refractivity contribution >= 4 is 35.3 Å². The van der Waals surface area contributed by atoms with Gasteiger partial charge in [0.25, 0.3) is 0 Å². The largest absolute Gasteiger partial charge is 0.585 e. The van der Waals surface area contributed by atoms with Crippen molar-refractivity contribution in [2.75, 3.05) is 0 Å². The first-order chi connectivity index (χ1) is 25.2. The maximum absolute atomic E-state index is 13.2. The number of hydrogen-bond acceptors (Lipinski definition) is 10. The Balaban J connectivity index is 0.992. The molecule has 254 valence electrons. The Morgan fingerprint density at radius 3 is 1.42 bits per heavy atom. The lowest BCUT2D eigenvalue weighted by atomic mass is 9.96. The van der Waals surface area contributed by atoms with E-state index in [1.807, 2.05) is 78.9 Å². The Hall–Kier alpha value is -6.96. The molecule has 6 aromatic rings. The summed E-state index contributed by atoms with van der Waals surface area (Å²) >= 11 is 0. The predicted molar refractivity (Wildman–Crippen MR) is 184 cm³/mol. The van der Waals surface area contributed by atoms with Crippen LogP contribution in [0.5, 0.6) is 11.5 Å². The minimum Gasteiger partial charge on any atom is -0.585 e. The minimum absolute atomic E-state index is 0.0164. The van der Waals surface area contributed by atoms with Gasteiger partial charge in [0.2, 0.25) is 0 Å². The van der Waals surface area contributed by atoms with Gasteiger partial charge in [-0.3, -0.25) is 0 Å². The van der Waals surface area contributed by atoms with Crippen LogP contribution in [0, 0.1) is 10.4 Å². The summed E-state index contributed by atoms with van der Waals surface area (Å²) in [6.45, 7) is 0. The maximum Gasteiger partial charge on any atom is 0.347 e. The van der Waals surface area contributed by atoms with Crippen LogP contribution < -0.4 is 20.1 Å². The molecule has 2 aliphatic heterocycles. The van der Waals surface area contributed by atoms with Gasteiger partial charge in [-0.1, -0.05) is 72.8 Å². The van der Waals surface area contributed by atoms with E-state index in [1.54, 1.807) is 18.2 Å². The van der Waals surface area contributed by atoms with Gasteiger partial charge < -0.3 is 29.6 Å². The Kier molecular flexibility index (Phi) is 8.10. The average molecular weight is 693 g/mol. The zero-order valence-electron chi connectivity index (χ0n) is 26.8. The fourth-order valence-electron chi connectivity index (χ4n) is 5.96. The predicted octanol–water partition coefficient (Wildman–Crippen LogP) is 5.33. The van der Waals surface area contributed by atoms with Gasteiger partial charge >= 0.3 is 23.9 Å². The lowest BCUT2D eigenvalue weighted by Gasteiger charge is -2.22. The summed E-state index contributed by atoms with van der Waals surface area (Å²) < 4.78 is 9.21. The van der Waals surface area contributed by atoms with E-state index in [9.17, 15) is 29.6 Å². The van der Waals surface area contributed by atoms with Crippen molar-refractivity contribution in [3.05, 3.63) is 166 Å². The first-order valence-corrected chi connectivity index (χ1v) is 15.9. The standard InChI is InChI=1S/C40H24N2O10/c43-37-31-17-13-28(21-34(31)39(45)49-37)41(47)51-30-15-10-24(11-16-30)23-6-8-25(9-7-23)27-12-19-36(33(20-27)26-4-2-1-3-5-26)52-42(48)29-14-18-32-35(22-29)40(46)50-38(32)44/h1-22,41-42H. The van der Waals surface area contributed by atoms with Crippen LogP contribution in [0.2, 0.25) is 0 Å². The number of fused-ring (bicyclic) bond motifs is 2. The smallest absolute Gasteiger partial charge is 0.347 e. The Labute approximate surface area is 294 Å². The highest BCUT2D eigenvalue weighted by Crippen LogP contribution is 2.35. The molecule has 2 heterocycles. The first kappa shape index (κ1) is 32.3. The highest BCUT2D eigenvalue weighted by Gasteiger charge is 2.32. The molecule has 0 saturated carbocycles. The average Bonchev–Trinajstić information content (AvgIpc) is 3.63. The van der Waals surface area contributed by atoms with Crippen LogP contribution in [-0.2, 0) is 9.47 Å². The highest BCUT2D eigenvalue weighted by atomic mass is 16.9. The zero-order valence-corrected chi connectivity index (χ0v) is 26.8. The lowest BCUT2D eigenvalue weighted by Crippen LogP contribution is -3.04. The molecule has 0 aromatic heterocycles. The summed E-state index contributed by atoms with van der Waals surface area (Å²) in [7, 11) is 0. The van der Waals surface area contributed by atoms with Crippen molar-refractivity contribution < 1.29 is 48.8 Å². The molecule has 0 fully saturated rings.